The number of amides is 2. The first kappa shape index (κ1) is 19.5. The third-order valence-electron chi connectivity index (χ3n) is 3.98. The third-order valence-corrected chi connectivity index (χ3v) is 4.90. The molecule has 0 aliphatic heterocycles. The number of anilines is 2. The molecule has 0 fully saturated rings. The van der Waals surface area contributed by atoms with Gasteiger partial charge in [-0.05, 0) is 42.5 Å². The van der Waals surface area contributed by atoms with Crippen molar-refractivity contribution >= 4 is 40.6 Å². The second-order valence-electron chi connectivity index (χ2n) is 6.31. The van der Waals surface area contributed by atoms with E-state index in [1.807, 2.05) is 12.1 Å². The molecule has 3 heterocycles. The predicted molar refractivity (Wildman–Crippen MR) is 114 cm³/mol. The number of thioether (sulfide) groups is 1. The summed E-state index contributed by atoms with van der Waals surface area (Å²) in [6, 6.07) is 14.3. The summed E-state index contributed by atoms with van der Waals surface area (Å²) < 4.78 is 1.63. The molecule has 0 aliphatic rings. The van der Waals surface area contributed by atoms with Crippen LogP contribution in [0.1, 0.15) is 6.92 Å². The summed E-state index contributed by atoms with van der Waals surface area (Å²) in [5.41, 5.74) is 2.64. The molecular weight excluding hydrogens is 402 g/mol. The monoisotopic (exact) mass is 419 g/mol. The molecule has 3 aromatic heterocycles. The van der Waals surface area contributed by atoms with E-state index in [4.69, 9.17) is 0 Å². The fourth-order valence-corrected chi connectivity index (χ4v) is 3.39. The number of pyridine rings is 1. The minimum absolute atomic E-state index is 0.171. The number of fused-ring (bicyclic) bond motifs is 1. The van der Waals surface area contributed by atoms with Crippen LogP contribution in [-0.4, -0.2) is 42.4 Å². The standard InChI is InChI=1S/C20H17N7O2S/c1-13(28)22-15-5-2-6-16(10-15)23-18(29)12-30-19-8-7-17-24-25-20(27(17)26-19)14-4-3-9-21-11-14/h2-11H,12H2,1H3,(H,22,28)(H,23,29). The minimum atomic E-state index is -0.182. The van der Waals surface area contributed by atoms with Crippen LogP contribution in [0.3, 0.4) is 0 Å². The molecule has 1 aromatic carbocycles. The van der Waals surface area contributed by atoms with Gasteiger partial charge in [-0.15, -0.1) is 10.2 Å². The van der Waals surface area contributed by atoms with Crippen molar-refractivity contribution in [1.82, 2.24) is 24.8 Å². The van der Waals surface area contributed by atoms with Crippen molar-refractivity contribution in [2.24, 2.45) is 0 Å². The number of nitrogens with one attached hydrogen (secondary N) is 2. The number of rotatable bonds is 6. The Morgan fingerprint density at radius 3 is 2.63 bits per heavy atom. The van der Waals surface area contributed by atoms with Crippen LogP contribution in [0.25, 0.3) is 17.0 Å². The average molecular weight is 419 g/mol. The summed E-state index contributed by atoms with van der Waals surface area (Å²) in [5.74, 6) is 0.404. The van der Waals surface area contributed by atoms with Crippen LogP contribution in [0.4, 0.5) is 11.4 Å². The topological polar surface area (TPSA) is 114 Å². The van der Waals surface area contributed by atoms with Crippen LogP contribution in [0, 0.1) is 0 Å². The zero-order valence-electron chi connectivity index (χ0n) is 15.9. The normalized spacial score (nSPS) is 10.7. The fourth-order valence-electron chi connectivity index (χ4n) is 2.74. The number of carbonyl (C=O) groups is 2. The van der Waals surface area contributed by atoms with E-state index >= 15 is 0 Å². The molecule has 0 spiro atoms. The molecule has 30 heavy (non-hydrogen) atoms. The van der Waals surface area contributed by atoms with E-state index in [-0.39, 0.29) is 17.6 Å². The lowest BCUT2D eigenvalue weighted by molar-refractivity contribution is -0.114. The van der Waals surface area contributed by atoms with Gasteiger partial charge >= 0.3 is 0 Å². The first-order valence-electron chi connectivity index (χ1n) is 9.02. The van der Waals surface area contributed by atoms with E-state index in [1.165, 1.54) is 18.7 Å². The molecule has 10 heteroatoms. The van der Waals surface area contributed by atoms with E-state index in [0.717, 1.165) is 5.56 Å². The van der Waals surface area contributed by atoms with Crippen LogP contribution < -0.4 is 10.6 Å². The minimum Gasteiger partial charge on any atom is -0.326 e. The van der Waals surface area contributed by atoms with Gasteiger partial charge in [-0.25, -0.2) is 0 Å². The second kappa shape index (κ2) is 8.70. The molecule has 4 rings (SSSR count). The number of carbonyl (C=O) groups excluding carboxylic acids is 2. The molecule has 2 amide bonds. The van der Waals surface area contributed by atoms with Gasteiger partial charge in [0.15, 0.2) is 11.5 Å². The van der Waals surface area contributed by atoms with E-state index < -0.39 is 0 Å². The van der Waals surface area contributed by atoms with Crippen molar-refractivity contribution in [2.75, 3.05) is 16.4 Å². The summed E-state index contributed by atoms with van der Waals surface area (Å²) in [5, 5.41) is 19.0. The van der Waals surface area contributed by atoms with Gasteiger partial charge in [-0.3, -0.25) is 14.6 Å². The lowest BCUT2D eigenvalue weighted by atomic mass is 10.2. The highest BCUT2D eigenvalue weighted by Crippen LogP contribution is 2.21. The molecule has 0 bridgehead atoms. The predicted octanol–water partition coefficient (Wildman–Crippen LogP) is 2.88. The SMILES string of the molecule is CC(=O)Nc1cccc(NC(=O)CSc2ccc3nnc(-c4cccnc4)n3n2)c1. The number of aromatic nitrogens is 5. The van der Waals surface area contributed by atoms with Crippen LogP contribution in [0.5, 0.6) is 0 Å². The molecule has 0 saturated heterocycles. The van der Waals surface area contributed by atoms with E-state index in [1.54, 1.807) is 53.3 Å². The molecule has 0 atom stereocenters. The van der Waals surface area contributed by atoms with Gasteiger partial charge in [0.25, 0.3) is 0 Å². The summed E-state index contributed by atoms with van der Waals surface area (Å²) in [7, 11) is 0. The first-order chi connectivity index (χ1) is 14.6. The maximum atomic E-state index is 12.3. The summed E-state index contributed by atoms with van der Waals surface area (Å²) in [6.07, 6.45) is 3.38. The second-order valence-corrected chi connectivity index (χ2v) is 7.30. The molecule has 0 radical (unpaired) electrons. The van der Waals surface area contributed by atoms with Crippen molar-refractivity contribution < 1.29 is 9.59 Å². The van der Waals surface area contributed by atoms with Crippen LogP contribution in [0.2, 0.25) is 0 Å². The van der Waals surface area contributed by atoms with E-state index in [9.17, 15) is 9.59 Å². The van der Waals surface area contributed by atoms with Gasteiger partial charge in [0.05, 0.1) is 5.75 Å². The van der Waals surface area contributed by atoms with Gasteiger partial charge in [0.1, 0.15) is 5.03 Å². The molecule has 0 aliphatic carbocycles. The van der Waals surface area contributed by atoms with Crippen molar-refractivity contribution in [3.8, 4) is 11.4 Å². The first-order valence-corrected chi connectivity index (χ1v) is 10.0. The van der Waals surface area contributed by atoms with Crippen LogP contribution >= 0.6 is 11.8 Å². The number of hydrogen-bond acceptors (Lipinski definition) is 7. The van der Waals surface area contributed by atoms with E-state index in [0.29, 0.717) is 27.9 Å². The smallest absolute Gasteiger partial charge is 0.234 e. The highest BCUT2D eigenvalue weighted by Gasteiger charge is 2.11. The van der Waals surface area contributed by atoms with Crippen molar-refractivity contribution in [3.05, 3.63) is 60.9 Å². The van der Waals surface area contributed by atoms with Gasteiger partial charge in [0, 0.05) is 36.3 Å². The van der Waals surface area contributed by atoms with Gasteiger partial charge in [-0.1, -0.05) is 17.8 Å². The fraction of sp³-hybridized carbons (Fsp3) is 0.100. The van der Waals surface area contributed by atoms with Gasteiger partial charge in [-0.2, -0.15) is 9.61 Å². The highest BCUT2D eigenvalue weighted by molar-refractivity contribution is 7.99. The van der Waals surface area contributed by atoms with Crippen LogP contribution in [0.15, 0.2) is 66.0 Å². The Labute approximate surface area is 175 Å². The zero-order chi connectivity index (χ0) is 20.9. The number of benzene rings is 1. The third kappa shape index (κ3) is 4.61. The van der Waals surface area contributed by atoms with E-state index in [2.05, 4.69) is 30.9 Å². The molecule has 0 unspecified atom stereocenters. The average Bonchev–Trinajstić information content (AvgIpc) is 3.16. The quantitative estimate of drug-likeness (QED) is 0.462. The molecule has 4 aromatic rings. The van der Waals surface area contributed by atoms with Crippen LogP contribution in [-0.2, 0) is 9.59 Å². The van der Waals surface area contributed by atoms with Gasteiger partial charge in [0.2, 0.25) is 11.8 Å². The Hall–Kier alpha value is -3.79. The highest BCUT2D eigenvalue weighted by atomic mass is 32.2. The van der Waals surface area contributed by atoms with Crippen molar-refractivity contribution in [3.63, 3.8) is 0 Å². The maximum Gasteiger partial charge on any atom is 0.234 e. The Morgan fingerprint density at radius 1 is 1.03 bits per heavy atom. The Bertz CT molecular complexity index is 1210. The summed E-state index contributed by atoms with van der Waals surface area (Å²) >= 11 is 1.30. The van der Waals surface area contributed by atoms with Crippen molar-refractivity contribution in [1.29, 1.82) is 0 Å². The molecule has 2 N–H and O–H groups in total. The zero-order valence-corrected chi connectivity index (χ0v) is 16.8. The lowest BCUT2D eigenvalue weighted by Gasteiger charge is -2.08. The Balaban J connectivity index is 1.43. The Morgan fingerprint density at radius 2 is 1.87 bits per heavy atom. The van der Waals surface area contributed by atoms with Crippen molar-refractivity contribution in [2.45, 2.75) is 11.9 Å². The number of nitrogens with zero attached hydrogens (tertiary/aromatic N) is 5. The Kier molecular flexibility index (Phi) is 5.66. The molecule has 9 nitrogen and oxygen atoms in total. The molecular formula is C20H17N7O2S. The summed E-state index contributed by atoms with van der Waals surface area (Å²) in [6.45, 7) is 1.43. The largest absolute Gasteiger partial charge is 0.326 e. The molecule has 0 saturated carbocycles. The van der Waals surface area contributed by atoms with Gasteiger partial charge < -0.3 is 10.6 Å². The summed E-state index contributed by atoms with van der Waals surface area (Å²) in [4.78, 5) is 27.6. The molecule has 150 valence electrons. The lowest BCUT2D eigenvalue weighted by Crippen LogP contribution is -2.14. The number of hydrogen-bond donors (Lipinski definition) is 2. The maximum absolute atomic E-state index is 12.3.